The summed E-state index contributed by atoms with van der Waals surface area (Å²) in [6.07, 6.45) is 10.3. The lowest BCUT2D eigenvalue weighted by atomic mass is 10.1. The molecule has 0 N–H and O–H groups in total. The summed E-state index contributed by atoms with van der Waals surface area (Å²) in [7, 11) is 0. The molecule has 1 unspecified atom stereocenters. The molecule has 14 heavy (non-hydrogen) atoms. The van der Waals surface area contributed by atoms with Crippen LogP contribution in [0.5, 0.6) is 0 Å². The van der Waals surface area contributed by atoms with Crippen LogP contribution in [0, 0.1) is 5.92 Å². The molecule has 0 radical (unpaired) electrons. The van der Waals surface area contributed by atoms with E-state index in [1.54, 1.807) is 12.2 Å². The second-order valence-corrected chi connectivity index (χ2v) is 3.50. The topological polar surface area (TPSA) is 17.1 Å². The fourth-order valence-electron chi connectivity index (χ4n) is 1.63. The van der Waals surface area contributed by atoms with Crippen molar-refractivity contribution in [2.45, 2.75) is 20.3 Å². The maximum Gasteiger partial charge on any atom is 0.166 e. The minimum Gasteiger partial charge on any atom is -0.294 e. The van der Waals surface area contributed by atoms with E-state index in [1.807, 2.05) is 32.1 Å². The van der Waals surface area contributed by atoms with E-state index in [9.17, 15) is 4.79 Å². The zero-order valence-electron chi connectivity index (χ0n) is 8.79. The van der Waals surface area contributed by atoms with Gasteiger partial charge in [-0.2, -0.15) is 0 Å². The first-order valence-electron chi connectivity index (χ1n) is 4.89. The molecule has 74 valence electrons. The molecule has 1 aliphatic carbocycles. The summed E-state index contributed by atoms with van der Waals surface area (Å²) in [5.74, 6) is 0.360. The van der Waals surface area contributed by atoms with Gasteiger partial charge in [0.1, 0.15) is 0 Å². The van der Waals surface area contributed by atoms with Crippen LogP contribution in [0.3, 0.4) is 0 Å². The van der Waals surface area contributed by atoms with Crippen LogP contribution < -0.4 is 0 Å². The minimum atomic E-state index is 0.123. The van der Waals surface area contributed by atoms with Crippen molar-refractivity contribution in [2.24, 2.45) is 5.92 Å². The Kier molecular flexibility index (Phi) is 3.63. The summed E-state index contributed by atoms with van der Waals surface area (Å²) in [5.41, 5.74) is 1.95. The molecule has 0 spiro atoms. The molecule has 1 heteroatoms. The lowest BCUT2D eigenvalue weighted by Gasteiger charge is -1.95. The number of carbonyl (C=O) groups excluding carboxylic acids is 1. The third-order valence-corrected chi connectivity index (χ3v) is 2.36. The summed E-state index contributed by atoms with van der Waals surface area (Å²) >= 11 is 0. The normalized spacial score (nSPS) is 28.1. The van der Waals surface area contributed by atoms with Crippen molar-refractivity contribution in [1.82, 2.24) is 0 Å². The van der Waals surface area contributed by atoms with E-state index in [4.69, 9.17) is 0 Å². The molecule has 1 atom stereocenters. The molecule has 1 saturated carbocycles. The van der Waals surface area contributed by atoms with E-state index in [0.29, 0.717) is 0 Å². The van der Waals surface area contributed by atoms with Crippen molar-refractivity contribution >= 4 is 5.78 Å². The van der Waals surface area contributed by atoms with Gasteiger partial charge in [-0.05, 0) is 18.9 Å². The van der Waals surface area contributed by atoms with Crippen LogP contribution >= 0.6 is 0 Å². The Morgan fingerprint density at radius 1 is 1.43 bits per heavy atom. The number of rotatable bonds is 2. The summed E-state index contributed by atoms with van der Waals surface area (Å²) < 4.78 is 0. The predicted octanol–water partition coefficient (Wildman–Crippen LogP) is 3.21. The molecule has 1 fully saturated rings. The van der Waals surface area contributed by atoms with Gasteiger partial charge in [0, 0.05) is 11.5 Å². The Hall–Kier alpha value is -1.37. The summed E-state index contributed by atoms with van der Waals surface area (Å²) in [5, 5.41) is 0. The second-order valence-electron chi connectivity index (χ2n) is 3.50. The first kappa shape index (κ1) is 10.7. The lowest BCUT2D eigenvalue weighted by Crippen LogP contribution is -2.02. The average molecular weight is 188 g/mol. The van der Waals surface area contributed by atoms with Crippen LogP contribution in [-0.2, 0) is 4.79 Å². The maximum atomic E-state index is 11.7. The highest BCUT2D eigenvalue weighted by Gasteiger charge is 2.28. The SMILES string of the molecule is C=C/C=C1/C(=O)C(C)C/C1=C/C=C\C. The van der Waals surface area contributed by atoms with E-state index < -0.39 is 0 Å². The van der Waals surface area contributed by atoms with Gasteiger partial charge in [0.05, 0.1) is 0 Å². The molecule has 0 aromatic heterocycles. The van der Waals surface area contributed by atoms with Crippen molar-refractivity contribution in [3.8, 4) is 0 Å². The molecule has 0 aromatic rings. The Labute approximate surface area is 85.5 Å². The van der Waals surface area contributed by atoms with Crippen molar-refractivity contribution in [3.05, 3.63) is 48.1 Å². The molecular weight excluding hydrogens is 172 g/mol. The van der Waals surface area contributed by atoms with Gasteiger partial charge in [0.25, 0.3) is 0 Å². The van der Waals surface area contributed by atoms with Crippen LogP contribution in [0.2, 0.25) is 0 Å². The van der Waals surface area contributed by atoms with E-state index in [0.717, 1.165) is 17.6 Å². The van der Waals surface area contributed by atoms with Crippen LogP contribution in [0.1, 0.15) is 20.3 Å². The summed E-state index contributed by atoms with van der Waals surface area (Å²) in [6, 6.07) is 0. The molecule has 1 nitrogen and oxygen atoms in total. The molecular formula is C13H16O. The number of carbonyl (C=O) groups is 1. The van der Waals surface area contributed by atoms with E-state index in [-0.39, 0.29) is 11.7 Å². The Morgan fingerprint density at radius 2 is 2.14 bits per heavy atom. The van der Waals surface area contributed by atoms with Crippen molar-refractivity contribution in [3.63, 3.8) is 0 Å². The minimum absolute atomic E-state index is 0.123. The van der Waals surface area contributed by atoms with Gasteiger partial charge in [-0.3, -0.25) is 4.79 Å². The highest BCUT2D eigenvalue weighted by molar-refractivity contribution is 6.04. The molecule has 1 rings (SSSR count). The van der Waals surface area contributed by atoms with Gasteiger partial charge < -0.3 is 0 Å². The highest BCUT2D eigenvalue weighted by Crippen LogP contribution is 2.31. The van der Waals surface area contributed by atoms with Crippen molar-refractivity contribution in [1.29, 1.82) is 0 Å². The van der Waals surface area contributed by atoms with Gasteiger partial charge in [-0.15, -0.1) is 0 Å². The van der Waals surface area contributed by atoms with Gasteiger partial charge in [0.2, 0.25) is 0 Å². The Bertz CT molecular complexity index is 329. The molecule has 0 aliphatic heterocycles. The smallest absolute Gasteiger partial charge is 0.166 e. The molecule has 0 aromatic carbocycles. The predicted molar refractivity (Wildman–Crippen MR) is 60.0 cm³/mol. The standard InChI is InChI=1S/C13H16O/c1-4-6-8-11-9-10(3)13(14)12(11)7-5-2/h4-8,10H,2,9H2,1,3H3/b6-4-,11-8-,12-7+. The van der Waals surface area contributed by atoms with E-state index in [1.165, 1.54) is 0 Å². The third-order valence-electron chi connectivity index (χ3n) is 2.36. The van der Waals surface area contributed by atoms with Crippen LogP contribution in [-0.4, -0.2) is 5.78 Å². The Balaban J connectivity index is 3.03. The molecule has 0 heterocycles. The van der Waals surface area contributed by atoms with Gasteiger partial charge in [-0.25, -0.2) is 0 Å². The van der Waals surface area contributed by atoms with Crippen LogP contribution in [0.4, 0.5) is 0 Å². The van der Waals surface area contributed by atoms with Crippen molar-refractivity contribution in [2.75, 3.05) is 0 Å². The first-order valence-corrected chi connectivity index (χ1v) is 4.89. The van der Waals surface area contributed by atoms with Gasteiger partial charge >= 0.3 is 0 Å². The first-order chi connectivity index (χ1) is 6.70. The van der Waals surface area contributed by atoms with E-state index in [2.05, 4.69) is 6.58 Å². The molecule has 1 aliphatic rings. The number of Topliss-reactive ketones (excluding diaryl/α,β-unsaturated/α-hetero) is 1. The van der Waals surface area contributed by atoms with Crippen LogP contribution in [0.15, 0.2) is 48.1 Å². The quantitative estimate of drug-likeness (QED) is 0.608. The van der Waals surface area contributed by atoms with Gasteiger partial charge in [0.15, 0.2) is 5.78 Å². The fraction of sp³-hybridized carbons (Fsp3) is 0.308. The lowest BCUT2D eigenvalue weighted by molar-refractivity contribution is -0.117. The monoisotopic (exact) mass is 188 g/mol. The van der Waals surface area contributed by atoms with Crippen molar-refractivity contribution < 1.29 is 4.79 Å². The number of hydrogen-bond donors (Lipinski definition) is 0. The summed E-state index contributed by atoms with van der Waals surface area (Å²) in [4.78, 5) is 11.7. The van der Waals surface area contributed by atoms with E-state index >= 15 is 0 Å². The second kappa shape index (κ2) is 4.75. The Morgan fingerprint density at radius 3 is 2.71 bits per heavy atom. The summed E-state index contributed by atoms with van der Waals surface area (Å²) in [6.45, 7) is 7.56. The highest BCUT2D eigenvalue weighted by atomic mass is 16.1. The number of ketones is 1. The molecule has 0 saturated heterocycles. The zero-order valence-corrected chi connectivity index (χ0v) is 8.79. The molecule has 0 amide bonds. The fourth-order valence-corrected chi connectivity index (χ4v) is 1.63. The number of hydrogen-bond acceptors (Lipinski definition) is 1. The largest absolute Gasteiger partial charge is 0.294 e. The average Bonchev–Trinajstić information content (AvgIpc) is 2.43. The number of allylic oxidation sites excluding steroid dienone is 7. The zero-order chi connectivity index (χ0) is 10.6. The third kappa shape index (κ3) is 2.11. The maximum absolute atomic E-state index is 11.7. The van der Waals surface area contributed by atoms with Crippen LogP contribution in [0.25, 0.3) is 0 Å². The van der Waals surface area contributed by atoms with Gasteiger partial charge in [-0.1, -0.05) is 43.9 Å². The molecule has 0 bridgehead atoms.